The quantitative estimate of drug-likeness (QED) is 0.227. The van der Waals surface area contributed by atoms with Gasteiger partial charge in [0.15, 0.2) is 5.17 Å². The standard InChI is InChI=1S/C29H30IN3OS/c1-19-9-7-8-12-26(19)33-28(34)27(35-29(33)31-24-10-5-4-6-11-24)18-22-17-20(2)32(21(22)3)25-15-13-23(30)14-16-25/h4-6,10-11,13-19,26H,7-9,12H2,1-3H3/b27-18-,31-29?/t19-,26+/m0/s1. The van der Waals surface area contributed by atoms with E-state index in [2.05, 4.69) is 84.3 Å². The molecule has 1 amide bonds. The summed E-state index contributed by atoms with van der Waals surface area (Å²) in [5, 5.41) is 0.803. The molecule has 6 heteroatoms. The third-order valence-electron chi connectivity index (χ3n) is 7.06. The fraction of sp³-hybridized carbons (Fsp3) is 0.310. The van der Waals surface area contributed by atoms with E-state index >= 15 is 0 Å². The molecule has 3 aromatic rings. The van der Waals surface area contributed by atoms with Crippen molar-refractivity contribution in [3.63, 3.8) is 0 Å². The van der Waals surface area contributed by atoms with Gasteiger partial charge in [-0.25, -0.2) is 4.99 Å². The van der Waals surface area contributed by atoms with Crippen LogP contribution in [0.2, 0.25) is 0 Å². The summed E-state index contributed by atoms with van der Waals surface area (Å²) in [5.41, 5.74) is 5.39. The fourth-order valence-electron chi connectivity index (χ4n) is 5.21. The third kappa shape index (κ3) is 5.00. The first-order valence-electron chi connectivity index (χ1n) is 12.2. The Kier molecular flexibility index (Phi) is 7.21. The lowest BCUT2D eigenvalue weighted by atomic mass is 9.85. The Hall–Kier alpha value is -2.32. The van der Waals surface area contributed by atoms with Gasteiger partial charge in [-0.3, -0.25) is 9.69 Å². The van der Waals surface area contributed by atoms with E-state index in [9.17, 15) is 4.79 Å². The number of hydrogen-bond acceptors (Lipinski definition) is 3. The van der Waals surface area contributed by atoms with Crippen molar-refractivity contribution in [1.82, 2.24) is 9.47 Å². The summed E-state index contributed by atoms with van der Waals surface area (Å²) in [4.78, 5) is 21.5. The number of benzene rings is 2. The van der Waals surface area contributed by atoms with Crippen LogP contribution in [0, 0.1) is 23.3 Å². The number of aromatic nitrogens is 1. The van der Waals surface area contributed by atoms with Crippen LogP contribution < -0.4 is 0 Å². The Morgan fingerprint density at radius 2 is 1.74 bits per heavy atom. The molecule has 1 aromatic heterocycles. The molecule has 0 bridgehead atoms. The van der Waals surface area contributed by atoms with Crippen molar-refractivity contribution in [2.24, 2.45) is 10.9 Å². The molecule has 0 N–H and O–H groups in total. The minimum absolute atomic E-state index is 0.0856. The zero-order valence-corrected chi connectivity index (χ0v) is 23.3. The van der Waals surface area contributed by atoms with Gasteiger partial charge in [0, 0.05) is 26.7 Å². The molecule has 35 heavy (non-hydrogen) atoms. The average molecular weight is 596 g/mol. The van der Waals surface area contributed by atoms with Gasteiger partial charge in [0.05, 0.1) is 10.6 Å². The van der Waals surface area contributed by atoms with Gasteiger partial charge in [-0.15, -0.1) is 0 Å². The number of aliphatic imine (C=N–C) groups is 1. The first-order valence-corrected chi connectivity index (χ1v) is 14.1. The van der Waals surface area contributed by atoms with Crippen molar-refractivity contribution in [3.05, 3.63) is 86.1 Å². The number of aryl methyl sites for hydroxylation is 1. The van der Waals surface area contributed by atoms with E-state index in [1.54, 1.807) is 0 Å². The van der Waals surface area contributed by atoms with Gasteiger partial charge in [0.25, 0.3) is 5.91 Å². The van der Waals surface area contributed by atoms with E-state index < -0.39 is 0 Å². The molecule has 5 rings (SSSR count). The lowest BCUT2D eigenvalue weighted by Gasteiger charge is -2.35. The molecule has 0 unspecified atom stereocenters. The number of amides is 1. The fourth-order valence-corrected chi connectivity index (χ4v) is 6.61. The number of hydrogen-bond donors (Lipinski definition) is 0. The molecule has 2 fully saturated rings. The van der Waals surface area contributed by atoms with E-state index in [4.69, 9.17) is 4.99 Å². The molecule has 1 aliphatic carbocycles. The number of thioether (sulfide) groups is 1. The Balaban J connectivity index is 1.53. The van der Waals surface area contributed by atoms with Gasteiger partial charge in [-0.2, -0.15) is 0 Å². The number of amidine groups is 1. The van der Waals surface area contributed by atoms with Crippen LogP contribution in [0.25, 0.3) is 11.8 Å². The summed E-state index contributed by atoms with van der Waals surface area (Å²) < 4.78 is 3.47. The van der Waals surface area contributed by atoms with E-state index in [1.807, 2.05) is 35.2 Å². The maximum atomic E-state index is 13.8. The van der Waals surface area contributed by atoms with Crippen LogP contribution >= 0.6 is 34.4 Å². The summed E-state index contributed by atoms with van der Waals surface area (Å²) in [6.45, 7) is 6.52. The smallest absolute Gasteiger partial charge is 0.267 e. The highest BCUT2D eigenvalue weighted by atomic mass is 127. The summed E-state index contributed by atoms with van der Waals surface area (Å²) in [7, 11) is 0. The van der Waals surface area contributed by atoms with Gasteiger partial charge in [0.2, 0.25) is 0 Å². The van der Waals surface area contributed by atoms with Crippen molar-refractivity contribution in [2.75, 3.05) is 0 Å². The van der Waals surface area contributed by atoms with Crippen molar-refractivity contribution in [3.8, 4) is 5.69 Å². The predicted octanol–water partition coefficient (Wildman–Crippen LogP) is 7.88. The van der Waals surface area contributed by atoms with E-state index in [0.29, 0.717) is 5.92 Å². The van der Waals surface area contributed by atoms with Crippen LogP contribution in [0.5, 0.6) is 0 Å². The second-order valence-electron chi connectivity index (χ2n) is 9.48. The molecule has 180 valence electrons. The zero-order chi connectivity index (χ0) is 24.5. The van der Waals surface area contributed by atoms with Crippen LogP contribution in [0.3, 0.4) is 0 Å². The molecule has 1 aliphatic heterocycles. The summed E-state index contributed by atoms with van der Waals surface area (Å²) in [6, 6.07) is 20.9. The molecule has 4 nitrogen and oxygen atoms in total. The minimum Gasteiger partial charge on any atom is -0.318 e. The van der Waals surface area contributed by atoms with Crippen LogP contribution in [-0.2, 0) is 4.79 Å². The molecule has 1 saturated carbocycles. The summed E-state index contributed by atoms with van der Waals surface area (Å²) in [6.07, 6.45) is 6.67. The van der Waals surface area contributed by atoms with Gasteiger partial charge in [-0.05, 0) is 121 Å². The maximum absolute atomic E-state index is 13.8. The maximum Gasteiger partial charge on any atom is 0.267 e. The van der Waals surface area contributed by atoms with E-state index in [1.165, 1.54) is 21.8 Å². The molecule has 2 aromatic carbocycles. The van der Waals surface area contributed by atoms with Crippen LogP contribution in [0.1, 0.15) is 49.6 Å². The first kappa shape index (κ1) is 24.4. The number of rotatable bonds is 4. The third-order valence-corrected chi connectivity index (χ3v) is 8.76. The zero-order valence-electron chi connectivity index (χ0n) is 20.4. The topological polar surface area (TPSA) is 37.6 Å². The summed E-state index contributed by atoms with van der Waals surface area (Å²) >= 11 is 3.84. The highest BCUT2D eigenvalue weighted by molar-refractivity contribution is 14.1. The predicted molar refractivity (Wildman–Crippen MR) is 155 cm³/mol. The van der Waals surface area contributed by atoms with Gasteiger partial charge in [0.1, 0.15) is 0 Å². The Bertz CT molecular complexity index is 1290. The number of halogens is 1. The SMILES string of the molecule is Cc1cc(/C=C2\SC(=Nc3ccccc3)N([C@@H]3CCCC[C@@H]3C)C2=O)c(C)n1-c1ccc(I)cc1. The van der Waals surface area contributed by atoms with E-state index in [-0.39, 0.29) is 11.9 Å². The number of nitrogens with zero attached hydrogens (tertiary/aromatic N) is 3. The molecule has 0 spiro atoms. The van der Waals surface area contributed by atoms with Gasteiger partial charge >= 0.3 is 0 Å². The van der Waals surface area contributed by atoms with Crippen LogP contribution in [0.15, 0.2) is 70.6 Å². The summed E-state index contributed by atoms with van der Waals surface area (Å²) in [5.74, 6) is 0.557. The lowest BCUT2D eigenvalue weighted by molar-refractivity contribution is -0.124. The van der Waals surface area contributed by atoms with E-state index in [0.717, 1.165) is 57.7 Å². The highest BCUT2D eigenvalue weighted by Crippen LogP contribution is 2.40. The number of carbonyl (C=O) groups is 1. The molecule has 0 radical (unpaired) electrons. The molecule has 2 atom stereocenters. The van der Waals surface area contributed by atoms with Gasteiger partial charge < -0.3 is 4.57 Å². The molecular weight excluding hydrogens is 565 g/mol. The molecule has 2 heterocycles. The molecule has 1 saturated heterocycles. The Labute approximate surface area is 225 Å². The normalized spacial score (nSPS) is 23.0. The first-order chi connectivity index (χ1) is 16.9. The highest BCUT2D eigenvalue weighted by Gasteiger charge is 2.41. The second-order valence-corrected chi connectivity index (χ2v) is 11.7. The van der Waals surface area contributed by atoms with Crippen LogP contribution in [0.4, 0.5) is 5.69 Å². The Morgan fingerprint density at radius 3 is 2.46 bits per heavy atom. The molecule has 2 aliphatic rings. The number of para-hydroxylation sites is 1. The largest absolute Gasteiger partial charge is 0.318 e. The van der Waals surface area contributed by atoms with Crippen molar-refractivity contribution >= 4 is 57.2 Å². The Morgan fingerprint density at radius 1 is 1.03 bits per heavy atom. The van der Waals surface area contributed by atoms with Gasteiger partial charge in [-0.1, -0.05) is 38.0 Å². The number of carbonyl (C=O) groups excluding carboxylic acids is 1. The van der Waals surface area contributed by atoms with Crippen molar-refractivity contribution in [2.45, 2.75) is 52.5 Å². The average Bonchev–Trinajstić information content (AvgIpc) is 3.30. The lowest BCUT2D eigenvalue weighted by Crippen LogP contribution is -2.44. The van der Waals surface area contributed by atoms with Crippen molar-refractivity contribution in [1.29, 1.82) is 0 Å². The monoisotopic (exact) mass is 595 g/mol. The van der Waals surface area contributed by atoms with Crippen molar-refractivity contribution < 1.29 is 4.79 Å². The second kappa shape index (κ2) is 10.3. The molecular formula is C29H30IN3OS. The van der Waals surface area contributed by atoms with Crippen LogP contribution in [-0.4, -0.2) is 26.6 Å². The minimum atomic E-state index is 0.0856.